The summed E-state index contributed by atoms with van der Waals surface area (Å²) in [5.74, 6) is 0.377. The van der Waals surface area contributed by atoms with Crippen molar-refractivity contribution in [3.05, 3.63) is 29.8 Å². The lowest BCUT2D eigenvalue weighted by atomic mass is 9.52. The van der Waals surface area contributed by atoms with E-state index < -0.39 is 28.0 Å². The molecule has 4 bridgehead atoms. The van der Waals surface area contributed by atoms with E-state index in [1.807, 2.05) is 65.8 Å². The molecule has 4 aliphatic carbocycles. The molecule has 0 amide bonds. The SMILES string of the molecule is CCC(C)(CC(C)(CC(C)c1ccc(OC(C)(C)C)cc1)C(=O)O)C(=O)OC12CC3CC(CC(O)(C3)C1)C2. The van der Waals surface area contributed by atoms with Gasteiger partial charge in [0, 0.05) is 6.42 Å². The molecule has 4 saturated carbocycles. The Kier molecular flexibility index (Phi) is 7.48. The zero-order chi connectivity index (χ0) is 28.1. The van der Waals surface area contributed by atoms with Crippen LogP contribution >= 0.6 is 0 Å². The van der Waals surface area contributed by atoms with E-state index in [0.29, 0.717) is 31.1 Å². The van der Waals surface area contributed by atoms with Crippen molar-refractivity contribution in [2.45, 2.75) is 129 Å². The molecule has 1 aromatic carbocycles. The molecule has 212 valence electrons. The van der Waals surface area contributed by atoms with Crippen molar-refractivity contribution in [2.75, 3.05) is 0 Å². The zero-order valence-electron chi connectivity index (χ0n) is 24.4. The second kappa shape index (κ2) is 9.83. The lowest BCUT2D eigenvalue weighted by Gasteiger charge is -2.59. The summed E-state index contributed by atoms with van der Waals surface area (Å²) in [6.45, 7) is 13.6. The van der Waals surface area contributed by atoms with Crippen molar-refractivity contribution in [3.8, 4) is 5.75 Å². The molecule has 0 saturated heterocycles. The van der Waals surface area contributed by atoms with Gasteiger partial charge in [0.2, 0.25) is 0 Å². The van der Waals surface area contributed by atoms with Crippen molar-refractivity contribution >= 4 is 11.9 Å². The number of carbonyl (C=O) groups is 2. The molecule has 0 radical (unpaired) electrons. The summed E-state index contributed by atoms with van der Waals surface area (Å²) in [5.41, 5.74) is -2.60. The van der Waals surface area contributed by atoms with Crippen LogP contribution in [0, 0.1) is 22.7 Å². The number of aliphatic hydroxyl groups is 1. The Bertz CT molecular complexity index is 1030. The molecule has 2 N–H and O–H groups in total. The summed E-state index contributed by atoms with van der Waals surface area (Å²) >= 11 is 0. The monoisotopic (exact) mass is 528 g/mol. The van der Waals surface area contributed by atoms with Crippen molar-refractivity contribution in [1.82, 2.24) is 0 Å². The first-order valence-electron chi connectivity index (χ1n) is 14.5. The first kappa shape index (κ1) is 28.9. The van der Waals surface area contributed by atoms with E-state index >= 15 is 0 Å². The van der Waals surface area contributed by atoms with E-state index in [4.69, 9.17) is 9.47 Å². The van der Waals surface area contributed by atoms with Gasteiger partial charge in [0.25, 0.3) is 0 Å². The molecule has 5 atom stereocenters. The second-order valence-electron chi connectivity index (χ2n) is 14.6. The molecule has 5 unspecified atom stereocenters. The molecule has 0 aromatic heterocycles. The predicted octanol–water partition coefficient (Wildman–Crippen LogP) is 6.88. The highest BCUT2D eigenvalue weighted by Crippen LogP contribution is 2.59. The van der Waals surface area contributed by atoms with Crippen LogP contribution in [0.2, 0.25) is 0 Å². The van der Waals surface area contributed by atoms with Gasteiger partial charge in [-0.1, -0.05) is 26.0 Å². The van der Waals surface area contributed by atoms with E-state index in [0.717, 1.165) is 43.4 Å². The standard InChI is InChI=1S/C32H48O6/c1-8-29(6,27(35)38-32-17-22-13-23(18-32)16-31(36,15-22)20-32)19-30(7,26(33)34)14-21(2)24-9-11-25(12-10-24)37-28(3,4)5/h9-12,21-23,36H,8,13-20H2,1-7H3,(H,33,34). The van der Waals surface area contributed by atoms with Gasteiger partial charge < -0.3 is 19.7 Å². The van der Waals surface area contributed by atoms with Crippen LogP contribution in [0.15, 0.2) is 24.3 Å². The van der Waals surface area contributed by atoms with Gasteiger partial charge in [-0.3, -0.25) is 9.59 Å². The fourth-order valence-electron chi connectivity index (χ4n) is 8.02. The molecule has 4 fully saturated rings. The number of aliphatic carboxylic acids is 1. The Labute approximate surface area is 228 Å². The maximum atomic E-state index is 13.8. The van der Waals surface area contributed by atoms with E-state index in [1.54, 1.807) is 6.92 Å². The summed E-state index contributed by atoms with van der Waals surface area (Å²) in [5, 5.41) is 21.5. The first-order valence-corrected chi connectivity index (χ1v) is 14.5. The van der Waals surface area contributed by atoms with Crippen molar-refractivity contribution < 1.29 is 29.3 Å². The lowest BCUT2D eigenvalue weighted by molar-refractivity contribution is -0.227. The van der Waals surface area contributed by atoms with Crippen molar-refractivity contribution in [2.24, 2.45) is 22.7 Å². The number of hydrogen-bond acceptors (Lipinski definition) is 5. The molecule has 0 aliphatic heterocycles. The van der Waals surface area contributed by atoms with E-state index in [-0.39, 0.29) is 23.9 Å². The molecule has 0 spiro atoms. The number of hydrogen-bond donors (Lipinski definition) is 2. The number of carbonyl (C=O) groups excluding carboxylic acids is 1. The fraction of sp³-hybridized carbons (Fsp3) is 0.750. The number of esters is 1. The van der Waals surface area contributed by atoms with Gasteiger partial charge >= 0.3 is 11.9 Å². The van der Waals surface area contributed by atoms with Crippen LogP contribution in [0.3, 0.4) is 0 Å². The number of carboxylic acids is 1. The van der Waals surface area contributed by atoms with Crippen LogP contribution in [0.5, 0.6) is 5.75 Å². The van der Waals surface area contributed by atoms with E-state index in [2.05, 4.69) is 0 Å². The Morgan fingerprint density at radius 1 is 1.00 bits per heavy atom. The largest absolute Gasteiger partial charge is 0.488 e. The smallest absolute Gasteiger partial charge is 0.312 e. The Morgan fingerprint density at radius 3 is 2.05 bits per heavy atom. The molecule has 4 aliphatic rings. The fourth-order valence-corrected chi connectivity index (χ4v) is 8.02. The van der Waals surface area contributed by atoms with Crippen LogP contribution in [-0.2, 0) is 14.3 Å². The number of carboxylic acid groups (broad SMARTS) is 1. The highest BCUT2D eigenvalue weighted by molar-refractivity contribution is 5.80. The maximum absolute atomic E-state index is 13.8. The highest BCUT2D eigenvalue weighted by atomic mass is 16.6. The summed E-state index contributed by atoms with van der Waals surface area (Å²) < 4.78 is 12.3. The quantitative estimate of drug-likeness (QED) is 0.322. The Hall–Kier alpha value is -2.08. The third-order valence-corrected chi connectivity index (χ3v) is 9.49. The van der Waals surface area contributed by atoms with Crippen LogP contribution in [0.4, 0.5) is 0 Å². The molecule has 38 heavy (non-hydrogen) atoms. The average molecular weight is 529 g/mol. The van der Waals surface area contributed by atoms with Crippen LogP contribution in [0.25, 0.3) is 0 Å². The Morgan fingerprint density at radius 2 is 1.58 bits per heavy atom. The van der Waals surface area contributed by atoms with Gasteiger partial charge in [-0.2, -0.15) is 0 Å². The van der Waals surface area contributed by atoms with Crippen LogP contribution < -0.4 is 4.74 Å². The van der Waals surface area contributed by atoms with Gasteiger partial charge in [0.05, 0.1) is 16.4 Å². The minimum Gasteiger partial charge on any atom is -0.488 e. The van der Waals surface area contributed by atoms with Gasteiger partial charge in [0.1, 0.15) is 17.0 Å². The summed E-state index contributed by atoms with van der Waals surface area (Å²) in [7, 11) is 0. The maximum Gasteiger partial charge on any atom is 0.312 e. The topological polar surface area (TPSA) is 93.1 Å². The summed E-state index contributed by atoms with van der Waals surface area (Å²) in [6, 6.07) is 7.86. The van der Waals surface area contributed by atoms with Crippen molar-refractivity contribution in [3.63, 3.8) is 0 Å². The second-order valence-corrected chi connectivity index (χ2v) is 14.6. The average Bonchev–Trinajstić information content (AvgIpc) is 2.76. The van der Waals surface area contributed by atoms with Crippen LogP contribution in [0.1, 0.15) is 118 Å². The van der Waals surface area contributed by atoms with Gasteiger partial charge in [0.15, 0.2) is 0 Å². The third-order valence-electron chi connectivity index (χ3n) is 9.49. The number of rotatable bonds is 10. The predicted molar refractivity (Wildman–Crippen MR) is 147 cm³/mol. The lowest BCUT2D eigenvalue weighted by Crippen LogP contribution is -2.61. The molecule has 1 aromatic rings. The molecular formula is C32H48O6. The highest BCUT2D eigenvalue weighted by Gasteiger charge is 2.60. The normalized spacial score (nSPS) is 32.2. The third kappa shape index (κ3) is 6.05. The minimum absolute atomic E-state index is 0.0192. The van der Waals surface area contributed by atoms with E-state index in [9.17, 15) is 19.8 Å². The molecule has 6 nitrogen and oxygen atoms in total. The minimum atomic E-state index is -1.11. The molecule has 0 heterocycles. The molecular weight excluding hydrogens is 480 g/mol. The van der Waals surface area contributed by atoms with Gasteiger partial charge in [-0.05, 0) is 121 Å². The number of ether oxygens (including phenoxy) is 2. The molecule has 6 heteroatoms. The van der Waals surface area contributed by atoms with Crippen LogP contribution in [-0.4, -0.2) is 39.0 Å². The Balaban J connectivity index is 1.47. The van der Waals surface area contributed by atoms with Gasteiger partial charge in [-0.25, -0.2) is 0 Å². The summed E-state index contributed by atoms with van der Waals surface area (Å²) in [6.07, 6.45) is 5.99. The van der Waals surface area contributed by atoms with E-state index in [1.165, 1.54) is 0 Å². The first-order chi connectivity index (χ1) is 17.5. The molecule has 5 rings (SSSR count). The van der Waals surface area contributed by atoms with Gasteiger partial charge in [-0.15, -0.1) is 0 Å². The summed E-state index contributed by atoms with van der Waals surface area (Å²) in [4.78, 5) is 26.4. The van der Waals surface area contributed by atoms with Crippen molar-refractivity contribution in [1.29, 1.82) is 0 Å². The number of benzene rings is 1. The zero-order valence-corrected chi connectivity index (χ0v) is 24.4.